The Morgan fingerprint density at radius 3 is 2.30 bits per heavy atom. The Morgan fingerprint density at radius 1 is 0.864 bits per heavy atom. The number of ether oxygens (including phenoxy) is 1. The summed E-state index contributed by atoms with van der Waals surface area (Å²) in [6, 6.07) is 36.2. The van der Waals surface area contributed by atoms with Gasteiger partial charge in [-0.25, -0.2) is 4.98 Å². The molecule has 2 aliphatic rings. The topological polar surface area (TPSA) is 45.7 Å². The van der Waals surface area contributed by atoms with Crippen molar-refractivity contribution in [3.8, 4) is 5.88 Å². The first-order valence-electron chi connectivity index (χ1n) is 15.3. The van der Waals surface area contributed by atoms with Crippen LogP contribution >= 0.6 is 0 Å². The van der Waals surface area contributed by atoms with Crippen molar-refractivity contribution in [3.05, 3.63) is 143 Å². The van der Waals surface area contributed by atoms with Crippen LogP contribution < -0.4 is 4.74 Å². The predicted molar refractivity (Wildman–Crippen MR) is 178 cm³/mol. The highest BCUT2D eigenvalue weighted by molar-refractivity contribution is 5.87. The van der Waals surface area contributed by atoms with Crippen LogP contribution in [0.3, 0.4) is 0 Å². The maximum Gasteiger partial charge on any atom is 0.240 e. The summed E-state index contributed by atoms with van der Waals surface area (Å²) in [6.45, 7) is 3.37. The lowest BCUT2D eigenvalue weighted by atomic mass is 9.85. The number of carbonyl (C=O) groups is 1. The second-order valence-electron chi connectivity index (χ2n) is 11.8. The Labute approximate surface area is 261 Å². The zero-order chi connectivity index (χ0) is 29.3. The van der Waals surface area contributed by atoms with Gasteiger partial charge in [0.1, 0.15) is 0 Å². The molecule has 0 bridgehead atoms. The second kappa shape index (κ2) is 12.6. The minimum absolute atomic E-state index is 0. The largest absolute Gasteiger partial charge is 0.481 e. The van der Waals surface area contributed by atoms with E-state index in [1.165, 1.54) is 38.6 Å². The third kappa shape index (κ3) is 5.37. The molecule has 0 N–H and O–H groups in total. The minimum atomic E-state index is -0.330. The average molecular weight is 584 g/mol. The highest BCUT2D eigenvalue weighted by Gasteiger charge is 2.39. The normalized spacial score (nSPS) is 16.9. The molecule has 2 heterocycles. The predicted octanol–water partition coefficient (Wildman–Crippen LogP) is 7.41. The highest BCUT2D eigenvalue weighted by Crippen LogP contribution is 2.40. The van der Waals surface area contributed by atoms with E-state index >= 15 is 0 Å². The summed E-state index contributed by atoms with van der Waals surface area (Å²) in [5.74, 6) is 0.720. The summed E-state index contributed by atoms with van der Waals surface area (Å²) >= 11 is 0. The molecule has 0 saturated carbocycles. The Balaban J connectivity index is 0.00000343. The van der Waals surface area contributed by atoms with Gasteiger partial charge >= 0.3 is 0 Å². The number of aromatic nitrogens is 1. The van der Waals surface area contributed by atoms with Crippen LogP contribution in [0.25, 0.3) is 10.8 Å². The molecular weight excluding hydrogens is 542 g/mol. The first-order chi connectivity index (χ1) is 21.1. The summed E-state index contributed by atoms with van der Waals surface area (Å²) in [5, 5.41) is 2.45. The number of nitrogens with zero attached hydrogens (tertiary/aromatic N) is 3. The van der Waals surface area contributed by atoms with Crippen molar-refractivity contribution < 1.29 is 9.53 Å². The lowest BCUT2D eigenvalue weighted by Gasteiger charge is -2.43. The molecule has 2 atom stereocenters. The number of rotatable bonds is 7. The van der Waals surface area contributed by atoms with E-state index in [1.807, 2.05) is 12.1 Å². The van der Waals surface area contributed by atoms with Crippen molar-refractivity contribution in [2.24, 2.45) is 0 Å². The van der Waals surface area contributed by atoms with Gasteiger partial charge in [-0.2, -0.15) is 0 Å². The molecule has 0 radical (unpaired) electrons. The Hall–Kier alpha value is -4.48. The number of hydrogen-bond acceptors (Lipinski definition) is 4. The van der Waals surface area contributed by atoms with E-state index in [-0.39, 0.29) is 31.5 Å². The number of benzene rings is 4. The molecule has 0 spiro atoms. The Morgan fingerprint density at radius 2 is 1.52 bits per heavy atom. The van der Waals surface area contributed by atoms with Gasteiger partial charge in [-0.15, -0.1) is 0 Å². The van der Waals surface area contributed by atoms with Crippen LogP contribution in [0.1, 0.15) is 53.8 Å². The van der Waals surface area contributed by atoms with Crippen LogP contribution in [-0.4, -0.2) is 46.4 Å². The van der Waals surface area contributed by atoms with Gasteiger partial charge in [0.25, 0.3) is 0 Å². The van der Waals surface area contributed by atoms with E-state index in [0.29, 0.717) is 12.4 Å². The standard InChI is InChI=1S/C38H37N3O2.CH4/c1-26(38(42)41(25-31-16-10-21-39-37(31)43-2)32-23-29-13-3-4-14-30(29)24-32)40-22-20-28-12-6-8-18-34(28)36(40)35-19-9-15-27-11-5-7-17-33(27)35;/h3-19,21,26,32,36H,20,22-25H2,1-2H3;1H4/t26-,36+;/m0./s1. The summed E-state index contributed by atoms with van der Waals surface area (Å²) < 4.78 is 5.62. The zero-order valence-corrected chi connectivity index (χ0v) is 24.8. The molecule has 0 fully saturated rings. The van der Waals surface area contributed by atoms with Crippen molar-refractivity contribution in [1.29, 1.82) is 0 Å². The summed E-state index contributed by atoms with van der Waals surface area (Å²) in [7, 11) is 1.64. The fraction of sp³-hybridized carbons (Fsp3) is 0.282. The third-order valence-electron chi connectivity index (χ3n) is 9.43. The molecule has 5 heteroatoms. The molecule has 1 amide bonds. The lowest BCUT2D eigenvalue weighted by molar-refractivity contribution is -0.140. The minimum Gasteiger partial charge on any atom is -0.481 e. The van der Waals surface area contributed by atoms with Crippen LogP contribution in [0.5, 0.6) is 5.88 Å². The molecule has 0 saturated heterocycles. The summed E-state index contributed by atoms with van der Waals surface area (Å²) in [5.41, 5.74) is 7.49. The molecule has 44 heavy (non-hydrogen) atoms. The number of fused-ring (bicyclic) bond motifs is 3. The van der Waals surface area contributed by atoms with E-state index in [2.05, 4.69) is 113 Å². The Kier molecular flexibility index (Phi) is 8.49. The van der Waals surface area contributed by atoms with Crippen LogP contribution in [0, 0.1) is 0 Å². The molecule has 1 aliphatic heterocycles. The van der Waals surface area contributed by atoms with Gasteiger partial charge in [0, 0.05) is 24.3 Å². The number of amides is 1. The number of pyridine rings is 1. The SMILES string of the molecule is C.COc1ncccc1CN(C(=O)[C@H](C)N1CCc2ccccc2[C@@H]1c1cccc2ccccc12)C1Cc2ccccc2C1. The maximum absolute atomic E-state index is 14.9. The highest BCUT2D eigenvalue weighted by atomic mass is 16.5. The number of methoxy groups -OCH3 is 1. The second-order valence-corrected chi connectivity index (χ2v) is 11.8. The van der Waals surface area contributed by atoms with Gasteiger partial charge in [-0.3, -0.25) is 9.69 Å². The van der Waals surface area contributed by atoms with Gasteiger partial charge in [0.05, 0.1) is 25.7 Å². The third-order valence-corrected chi connectivity index (χ3v) is 9.43. The van der Waals surface area contributed by atoms with Crippen molar-refractivity contribution in [2.75, 3.05) is 13.7 Å². The number of carbonyl (C=O) groups excluding carboxylic acids is 1. The van der Waals surface area contributed by atoms with Crippen LogP contribution in [0.2, 0.25) is 0 Å². The van der Waals surface area contributed by atoms with Crippen molar-refractivity contribution in [2.45, 2.75) is 58.3 Å². The molecule has 1 aromatic heterocycles. The van der Waals surface area contributed by atoms with Gasteiger partial charge in [0.2, 0.25) is 11.8 Å². The molecular formula is C39H41N3O2. The lowest BCUT2D eigenvalue weighted by Crippen LogP contribution is -2.53. The fourth-order valence-electron chi connectivity index (χ4n) is 7.27. The van der Waals surface area contributed by atoms with E-state index in [9.17, 15) is 4.79 Å². The number of hydrogen-bond donors (Lipinski definition) is 0. The monoisotopic (exact) mass is 583 g/mol. The smallest absolute Gasteiger partial charge is 0.240 e. The van der Waals surface area contributed by atoms with Gasteiger partial charge in [0.15, 0.2) is 0 Å². The van der Waals surface area contributed by atoms with Crippen LogP contribution in [-0.2, 0) is 30.6 Å². The van der Waals surface area contributed by atoms with E-state index in [4.69, 9.17) is 4.74 Å². The summed E-state index contributed by atoms with van der Waals surface area (Å²) in [4.78, 5) is 23.8. The fourth-order valence-corrected chi connectivity index (χ4v) is 7.27. The quantitative estimate of drug-likeness (QED) is 0.200. The molecule has 224 valence electrons. The van der Waals surface area contributed by atoms with Crippen molar-refractivity contribution >= 4 is 16.7 Å². The van der Waals surface area contributed by atoms with Gasteiger partial charge in [-0.1, -0.05) is 104 Å². The molecule has 7 rings (SSSR count). The Bertz CT molecular complexity index is 1750. The van der Waals surface area contributed by atoms with Gasteiger partial charge < -0.3 is 9.64 Å². The van der Waals surface area contributed by atoms with E-state index < -0.39 is 0 Å². The first kappa shape index (κ1) is 29.6. The molecule has 1 aliphatic carbocycles. The molecule has 0 unspecified atom stereocenters. The van der Waals surface area contributed by atoms with Gasteiger partial charge in [-0.05, 0) is 70.8 Å². The van der Waals surface area contributed by atoms with Crippen LogP contribution in [0.4, 0.5) is 0 Å². The molecule has 5 nitrogen and oxygen atoms in total. The molecule has 5 aromatic rings. The van der Waals surface area contributed by atoms with E-state index in [0.717, 1.165) is 31.4 Å². The average Bonchev–Trinajstić information content (AvgIpc) is 3.50. The van der Waals surface area contributed by atoms with Crippen LogP contribution in [0.15, 0.2) is 109 Å². The molecule has 4 aromatic carbocycles. The first-order valence-corrected chi connectivity index (χ1v) is 15.3. The zero-order valence-electron chi connectivity index (χ0n) is 24.8. The van der Waals surface area contributed by atoms with E-state index in [1.54, 1.807) is 13.3 Å². The van der Waals surface area contributed by atoms with Crippen molar-refractivity contribution in [3.63, 3.8) is 0 Å². The summed E-state index contributed by atoms with van der Waals surface area (Å²) in [6.07, 6.45) is 4.36. The van der Waals surface area contributed by atoms with Crippen molar-refractivity contribution in [1.82, 2.24) is 14.8 Å². The maximum atomic E-state index is 14.9.